The van der Waals surface area contributed by atoms with E-state index < -0.39 is 0 Å². The average molecular weight is 294 g/mol. The van der Waals surface area contributed by atoms with E-state index in [-0.39, 0.29) is 0 Å². The number of anilines is 1. The second-order valence-electron chi connectivity index (χ2n) is 4.77. The van der Waals surface area contributed by atoms with Crippen molar-refractivity contribution in [1.82, 2.24) is 4.90 Å². The normalized spacial score (nSPS) is 15.5. The van der Waals surface area contributed by atoms with Crippen LogP contribution in [-0.2, 0) is 9.47 Å². The minimum atomic E-state index is 0.682. The molecule has 1 aromatic rings. The number of hydrogen-bond acceptors (Lipinski definition) is 4. The van der Waals surface area contributed by atoms with E-state index in [1.807, 2.05) is 13.8 Å². The zero-order valence-corrected chi connectivity index (χ0v) is 13.8. The van der Waals surface area contributed by atoms with Gasteiger partial charge in [-0.15, -0.1) is 0 Å². The third-order valence-corrected chi connectivity index (χ3v) is 3.48. The SMILES string of the molecule is CC.COCCOCCN1CCN(c2ccccc2)CC1. The van der Waals surface area contributed by atoms with Gasteiger partial charge in [-0.25, -0.2) is 0 Å². The fourth-order valence-corrected chi connectivity index (χ4v) is 2.31. The maximum atomic E-state index is 5.51. The molecule has 0 aliphatic carbocycles. The molecule has 21 heavy (non-hydrogen) atoms. The third kappa shape index (κ3) is 6.93. The molecule has 0 radical (unpaired) electrons. The van der Waals surface area contributed by atoms with Gasteiger partial charge in [0.1, 0.15) is 0 Å². The first-order chi connectivity index (χ1) is 10.4. The highest BCUT2D eigenvalue weighted by Gasteiger charge is 2.16. The maximum absolute atomic E-state index is 5.51. The van der Waals surface area contributed by atoms with Gasteiger partial charge in [0, 0.05) is 45.5 Å². The minimum Gasteiger partial charge on any atom is -0.382 e. The van der Waals surface area contributed by atoms with Crippen LogP contribution in [0.3, 0.4) is 0 Å². The van der Waals surface area contributed by atoms with E-state index >= 15 is 0 Å². The second-order valence-corrected chi connectivity index (χ2v) is 4.77. The molecular formula is C17H30N2O2. The highest BCUT2D eigenvalue weighted by molar-refractivity contribution is 5.46. The van der Waals surface area contributed by atoms with E-state index in [1.54, 1.807) is 7.11 Å². The Balaban J connectivity index is 0.00000106. The van der Waals surface area contributed by atoms with Gasteiger partial charge in [-0.3, -0.25) is 4.90 Å². The summed E-state index contributed by atoms with van der Waals surface area (Å²) in [6.45, 7) is 11.6. The zero-order chi connectivity index (χ0) is 15.3. The van der Waals surface area contributed by atoms with E-state index in [0.29, 0.717) is 13.2 Å². The number of rotatable bonds is 7. The average Bonchev–Trinajstić information content (AvgIpc) is 2.58. The molecule has 2 rings (SSSR count). The number of para-hydroxylation sites is 1. The molecule has 1 heterocycles. The third-order valence-electron chi connectivity index (χ3n) is 3.48. The van der Waals surface area contributed by atoms with Crippen LogP contribution in [0, 0.1) is 0 Å². The zero-order valence-electron chi connectivity index (χ0n) is 13.8. The molecule has 0 spiro atoms. The number of hydrogen-bond donors (Lipinski definition) is 0. The number of nitrogens with zero attached hydrogens (tertiary/aromatic N) is 2. The minimum absolute atomic E-state index is 0.682. The van der Waals surface area contributed by atoms with Gasteiger partial charge in [0.25, 0.3) is 0 Å². The molecule has 1 fully saturated rings. The molecule has 120 valence electrons. The van der Waals surface area contributed by atoms with E-state index in [1.165, 1.54) is 5.69 Å². The Labute approximate surface area is 129 Å². The second kappa shape index (κ2) is 11.5. The molecule has 0 amide bonds. The lowest BCUT2D eigenvalue weighted by Gasteiger charge is -2.36. The van der Waals surface area contributed by atoms with Gasteiger partial charge in [-0.1, -0.05) is 32.0 Å². The summed E-state index contributed by atoms with van der Waals surface area (Å²) in [6.07, 6.45) is 0. The molecule has 0 atom stereocenters. The lowest BCUT2D eigenvalue weighted by atomic mass is 10.2. The first-order valence-corrected chi connectivity index (χ1v) is 7.99. The summed E-state index contributed by atoms with van der Waals surface area (Å²) in [5.74, 6) is 0. The topological polar surface area (TPSA) is 24.9 Å². The summed E-state index contributed by atoms with van der Waals surface area (Å²) in [5, 5.41) is 0. The van der Waals surface area contributed by atoms with Crippen molar-refractivity contribution in [2.75, 3.05) is 64.6 Å². The molecule has 0 saturated carbocycles. The Morgan fingerprint density at radius 3 is 2.19 bits per heavy atom. The van der Waals surface area contributed by atoms with Crippen LogP contribution in [0.4, 0.5) is 5.69 Å². The van der Waals surface area contributed by atoms with Crippen LogP contribution < -0.4 is 4.90 Å². The van der Waals surface area contributed by atoms with Gasteiger partial charge < -0.3 is 14.4 Å². The molecule has 1 aliphatic heterocycles. The first-order valence-electron chi connectivity index (χ1n) is 7.99. The highest BCUT2D eigenvalue weighted by atomic mass is 16.5. The molecule has 0 N–H and O–H groups in total. The molecule has 0 unspecified atom stereocenters. The largest absolute Gasteiger partial charge is 0.382 e. The van der Waals surface area contributed by atoms with Gasteiger partial charge in [0.2, 0.25) is 0 Å². The molecule has 0 bridgehead atoms. The summed E-state index contributed by atoms with van der Waals surface area (Å²) in [6, 6.07) is 10.6. The van der Waals surface area contributed by atoms with Gasteiger partial charge in [-0.2, -0.15) is 0 Å². The Morgan fingerprint density at radius 2 is 1.57 bits per heavy atom. The summed E-state index contributed by atoms with van der Waals surface area (Å²) in [4.78, 5) is 4.91. The fourth-order valence-electron chi connectivity index (χ4n) is 2.31. The monoisotopic (exact) mass is 294 g/mol. The summed E-state index contributed by atoms with van der Waals surface area (Å²) >= 11 is 0. The number of benzene rings is 1. The summed E-state index contributed by atoms with van der Waals surface area (Å²) in [7, 11) is 1.70. The Kier molecular flexibility index (Phi) is 9.87. The van der Waals surface area contributed by atoms with E-state index in [0.717, 1.165) is 39.3 Å². The Morgan fingerprint density at radius 1 is 0.905 bits per heavy atom. The highest BCUT2D eigenvalue weighted by Crippen LogP contribution is 2.15. The molecule has 1 aliphatic rings. The molecule has 4 nitrogen and oxygen atoms in total. The van der Waals surface area contributed by atoms with Gasteiger partial charge in [0.15, 0.2) is 0 Å². The first kappa shape index (κ1) is 18.0. The predicted octanol–water partition coefficient (Wildman–Crippen LogP) is 2.50. The number of piperazine rings is 1. The molecule has 1 aromatic carbocycles. The number of ether oxygens (including phenoxy) is 2. The molecule has 4 heteroatoms. The Hall–Kier alpha value is -1.10. The standard InChI is InChI=1S/C15H24N2O2.C2H6/c1-18-13-14-19-12-11-16-7-9-17(10-8-16)15-5-3-2-4-6-15;1-2/h2-6H,7-14H2,1H3;1-2H3. The van der Waals surface area contributed by atoms with Crippen molar-refractivity contribution in [1.29, 1.82) is 0 Å². The van der Waals surface area contributed by atoms with Crippen molar-refractivity contribution in [3.8, 4) is 0 Å². The summed E-state index contributed by atoms with van der Waals surface area (Å²) < 4.78 is 10.5. The lowest BCUT2D eigenvalue weighted by molar-refractivity contribution is 0.0563. The molecular weight excluding hydrogens is 264 g/mol. The van der Waals surface area contributed by atoms with Crippen molar-refractivity contribution >= 4 is 5.69 Å². The van der Waals surface area contributed by atoms with Gasteiger partial charge in [0.05, 0.1) is 19.8 Å². The number of methoxy groups -OCH3 is 1. The van der Waals surface area contributed by atoms with Gasteiger partial charge >= 0.3 is 0 Å². The Bertz CT molecular complexity index is 338. The van der Waals surface area contributed by atoms with E-state index in [9.17, 15) is 0 Å². The van der Waals surface area contributed by atoms with E-state index in [4.69, 9.17) is 9.47 Å². The quantitative estimate of drug-likeness (QED) is 0.721. The van der Waals surface area contributed by atoms with Gasteiger partial charge in [-0.05, 0) is 12.1 Å². The van der Waals surface area contributed by atoms with Crippen molar-refractivity contribution in [2.24, 2.45) is 0 Å². The van der Waals surface area contributed by atoms with Crippen molar-refractivity contribution < 1.29 is 9.47 Å². The van der Waals surface area contributed by atoms with Crippen molar-refractivity contribution in [3.63, 3.8) is 0 Å². The van der Waals surface area contributed by atoms with Crippen LogP contribution in [-0.4, -0.2) is 64.6 Å². The van der Waals surface area contributed by atoms with Crippen LogP contribution in [0.2, 0.25) is 0 Å². The fraction of sp³-hybridized carbons (Fsp3) is 0.647. The van der Waals surface area contributed by atoms with E-state index in [2.05, 4.69) is 40.1 Å². The van der Waals surface area contributed by atoms with Crippen LogP contribution in [0.25, 0.3) is 0 Å². The predicted molar refractivity (Wildman–Crippen MR) is 89.1 cm³/mol. The maximum Gasteiger partial charge on any atom is 0.0700 e. The molecule has 0 aromatic heterocycles. The van der Waals surface area contributed by atoms with Crippen LogP contribution in [0.5, 0.6) is 0 Å². The lowest BCUT2D eigenvalue weighted by Crippen LogP contribution is -2.47. The molecule has 1 saturated heterocycles. The van der Waals surface area contributed by atoms with Crippen molar-refractivity contribution in [3.05, 3.63) is 30.3 Å². The smallest absolute Gasteiger partial charge is 0.0700 e. The van der Waals surface area contributed by atoms with Crippen molar-refractivity contribution in [2.45, 2.75) is 13.8 Å². The summed E-state index contributed by atoms with van der Waals surface area (Å²) in [5.41, 5.74) is 1.33. The van der Waals surface area contributed by atoms with Crippen LogP contribution >= 0.6 is 0 Å². The van der Waals surface area contributed by atoms with Crippen LogP contribution in [0.1, 0.15) is 13.8 Å². The van der Waals surface area contributed by atoms with Crippen LogP contribution in [0.15, 0.2) is 30.3 Å².